The van der Waals surface area contributed by atoms with Gasteiger partial charge in [-0.25, -0.2) is 4.79 Å². The molecule has 1 aliphatic heterocycles. The highest BCUT2D eigenvalue weighted by molar-refractivity contribution is 8.04. The van der Waals surface area contributed by atoms with Gasteiger partial charge < -0.3 is 19.4 Å². The highest BCUT2D eigenvalue weighted by Gasteiger charge is 2.27. The van der Waals surface area contributed by atoms with E-state index in [0.29, 0.717) is 35.7 Å². The molecule has 1 saturated heterocycles. The minimum Gasteiger partial charge on any atom is -0.466 e. The fraction of sp³-hybridized carbons (Fsp3) is 0.450. The van der Waals surface area contributed by atoms with Gasteiger partial charge in [-0.15, -0.1) is 0 Å². The van der Waals surface area contributed by atoms with Gasteiger partial charge in [0, 0.05) is 18.7 Å². The fourth-order valence-corrected chi connectivity index (χ4v) is 4.01. The SMILES string of the molecule is COC(=O)/C=C1/SCC(=O)N1CCCOC(=O)CCc1c(C)[nH]c(=O)c(C#N)c1C. The molecule has 1 fully saturated rings. The van der Waals surface area contributed by atoms with E-state index in [4.69, 9.17) is 10.00 Å². The zero-order valence-electron chi connectivity index (χ0n) is 17.1. The van der Waals surface area contributed by atoms with Crippen LogP contribution in [-0.2, 0) is 30.3 Å². The summed E-state index contributed by atoms with van der Waals surface area (Å²) >= 11 is 1.26. The molecule has 0 radical (unpaired) electrons. The third-order valence-corrected chi connectivity index (χ3v) is 5.67. The van der Waals surface area contributed by atoms with Gasteiger partial charge in [0.15, 0.2) is 0 Å². The van der Waals surface area contributed by atoms with Gasteiger partial charge >= 0.3 is 11.9 Å². The number of H-pyrrole nitrogens is 1. The minimum absolute atomic E-state index is 0.0490. The van der Waals surface area contributed by atoms with Gasteiger partial charge in [0.05, 0.1) is 30.6 Å². The summed E-state index contributed by atoms with van der Waals surface area (Å²) in [5, 5.41) is 9.63. The third kappa shape index (κ3) is 5.73. The Hall–Kier alpha value is -3.06. The number of ether oxygens (including phenoxy) is 2. The summed E-state index contributed by atoms with van der Waals surface area (Å²) in [6.07, 6.45) is 2.14. The second kappa shape index (κ2) is 10.6. The van der Waals surface area contributed by atoms with Crippen molar-refractivity contribution in [2.24, 2.45) is 0 Å². The molecule has 10 heteroatoms. The summed E-state index contributed by atoms with van der Waals surface area (Å²) in [5.41, 5.74) is 1.56. The van der Waals surface area contributed by atoms with Crippen molar-refractivity contribution in [3.63, 3.8) is 0 Å². The molecule has 30 heavy (non-hydrogen) atoms. The Morgan fingerprint density at radius 2 is 2.07 bits per heavy atom. The molecular weight excluding hydrogens is 410 g/mol. The summed E-state index contributed by atoms with van der Waals surface area (Å²) in [4.78, 5) is 51.2. The maximum absolute atomic E-state index is 12.1. The summed E-state index contributed by atoms with van der Waals surface area (Å²) in [6.45, 7) is 3.87. The predicted octanol–water partition coefficient (Wildman–Crippen LogP) is 1.32. The first-order valence-corrected chi connectivity index (χ1v) is 10.3. The molecule has 1 N–H and O–H groups in total. The number of methoxy groups -OCH3 is 1. The molecule has 0 aliphatic carbocycles. The number of carbonyl (C=O) groups is 3. The number of hydrogen-bond acceptors (Lipinski definition) is 8. The van der Waals surface area contributed by atoms with Crippen LogP contribution in [0.1, 0.15) is 35.2 Å². The van der Waals surface area contributed by atoms with Crippen LogP contribution in [0, 0.1) is 25.2 Å². The summed E-state index contributed by atoms with van der Waals surface area (Å²) < 4.78 is 9.81. The van der Waals surface area contributed by atoms with Crippen molar-refractivity contribution >= 4 is 29.6 Å². The lowest BCUT2D eigenvalue weighted by atomic mass is 9.99. The first-order chi connectivity index (χ1) is 14.3. The predicted molar refractivity (Wildman–Crippen MR) is 109 cm³/mol. The lowest BCUT2D eigenvalue weighted by Crippen LogP contribution is -2.27. The number of pyridine rings is 1. The normalized spacial score (nSPS) is 14.7. The second-order valence-corrected chi connectivity index (χ2v) is 7.58. The molecule has 0 bridgehead atoms. The number of nitriles is 1. The van der Waals surface area contributed by atoms with Gasteiger partial charge in [0.2, 0.25) is 5.91 Å². The van der Waals surface area contributed by atoms with Crippen molar-refractivity contribution in [3.05, 3.63) is 43.8 Å². The van der Waals surface area contributed by atoms with Crippen molar-refractivity contribution in [1.82, 2.24) is 9.88 Å². The topological polar surface area (TPSA) is 130 Å². The molecule has 0 unspecified atom stereocenters. The number of nitrogens with one attached hydrogen (secondary N) is 1. The number of amides is 1. The number of hydrogen-bond donors (Lipinski definition) is 1. The Labute approximate surface area is 178 Å². The molecule has 9 nitrogen and oxygen atoms in total. The second-order valence-electron chi connectivity index (χ2n) is 6.58. The van der Waals surface area contributed by atoms with E-state index in [0.717, 1.165) is 5.56 Å². The van der Waals surface area contributed by atoms with Gasteiger partial charge in [-0.1, -0.05) is 11.8 Å². The Morgan fingerprint density at radius 3 is 2.73 bits per heavy atom. The minimum atomic E-state index is -0.531. The number of aromatic nitrogens is 1. The highest BCUT2D eigenvalue weighted by Crippen LogP contribution is 2.28. The molecule has 1 aromatic rings. The summed E-state index contributed by atoms with van der Waals surface area (Å²) in [7, 11) is 1.27. The molecule has 0 aromatic carbocycles. The Morgan fingerprint density at radius 1 is 1.33 bits per heavy atom. The fourth-order valence-electron chi connectivity index (χ4n) is 3.06. The third-order valence-electron chi connectivity index (χ3n) is 4.64. The largest absolute Gasteiger partial charge is 0.466 e. The van der Waals surface area contributed by atoms with Crippen LogP contribution in [-0.4, -0.2) is 53.7 Å². The van der Waals surface area contributed by atoms with Gasteiger partial charge in [0.25, 0.3) is 5.56 Å². The average Bonchev–Trinajstić information content (AvgIpc) is 3.04. The van der Waals surface area contributed by atoms with E-state index in [2.05, 4.69) is 9.72 Å². The van der Waals surface area contributed by atoms with Crippen molar-refractivity contribution in [2.75, 3.05) is 26.0 Å². The van der Waals surface area contributed by atoms with Crippen molar-refractivity contribution in [3.8, 4) is 6.07 Å². The maximum Gasteiger partial charge on any atom is 0.333 e. The van der Waals surface area contributed by atoms with E-state index in [9.17, 15) is 19.2 Å². The quantitative estimate of drug-likeness (QED) is 0.369. The number of thioether (sulfide) groups is 1. The van der Waals surface area contributed by atoms with Gasteiger partial charge in [-0.05, 0) is 37.8 Å². The first kappa shape index (κ1) is 23.2. The zero-order chi connectivity index (χ0) is 22.3. The Balaban J connectivity index is 1.83. The lowest BCUT2D eigenvalue weighted by molar-refractivity contribution is -0.143. The molecule has 160 valence electrons. The van der Waals surface area contributed by atoms with Crippen LogP contribution in [0.4, 0.5) is 0 Å². The Bertz CT molecular complexity index is 976. The van der Waals surface area contributed by atoms with Crippen LogP contribution < -0.4 is 5.56 Å². The van der Waals surface area contributed by atoms with Crippen LogP contribution in [0.15, 0.2) is 15.9 Å². The van der Waals surface area contributed by atoms with Crippen molar-refractivity contribution in [2.45, 2.75) is 33.1 Å². The zero-order valence-corrected chi connectivity index (χ0v) is 17.9. The number of esters is 2. The number of rotatable bonds is 8. The standard InChI is InChI=1S/C20H23N3O6S/c1-12-14(13(2)22-20(27)15(12)10-21)5-6-18(25)29-8-4-7-23-16(24)11-30-17(23)9-19(26)28-3/h9H,4-8,11H2,1-3H3,(H,22,27)/b17-9+. The van der Waals surface area contributed by atoms with E-state index in [1.807, 2.05) is 6.07 Å². The van der Waals surface area contributed by atoms with Gasteiger partial charge in [0.1, 0.15) is 11.6 Å². The smallest absolute Gasteiger partial charge is 0.333 e. The van der Waals surface area contributed by atoms with E-state index in [1.54, 1.807) is 13.8 Å². The average molecular weight is 433 g/mol. The lowest BCUT2D eigenvalue weighted by Gasteiger charge is -2.16. The molecule has 0 saturated carbocycles. The van der Waals surface area contributed by atoms with Crippen molar-refractivity contribution in [1.29, 1.82) is 5.26 Å². The molecule has 0 spiro atoms. The monoisotopic (exact) mass is 433 g/mol. The van der Waals surface area contributed by atoms with Crippen LogP contribution in [0.25, 0.3) is 0 Å². The van der Waals surface area contributed by atoms with Crippen LogP contribution in [0.2, 0.25) is 0 Å². The Kier molecular flexibility index (Phi) is 8.24. The van der Waals surface area contributed by atoms with Crippen LogP contribution in [0.3, 0.4) is 0 Å². The van der Waals surface area contributed by atoms with Gasteiger partial charge in [-0.3, -0.25) is 14.4 Å². The first-order valence-electron chi connectivity index (χ1n) is 9.29. The summed E-state index contributed by atoms with van der Waals surface area (Å²) in [5.74, 6) is -0.800. The van der Waals surface area contributed by atoms with E-state index >= 15 is 0 Å². The van der Waals surface area contributed by atoms with E-state index in [1.165, 1.54) is 29.8 Å². The van der Waals surface area contributed by atoms with Crippen LogP contribution in [0.5, 0.6) is 0 Å². The highest BCUT2D eigenvalue weighted by atomic mass is 32.2. The molecule has 1 aromatic heterocycles. The maximum atomic E-state index is 12.1. The van der Waals surface area contributed by atoms with Crippen LogP contribution >= 0.6 is 11.8 Å². The molecular formula is C20H23N3O6S. The summed E-state index contributed by atoms with van der Waals surface area (Å²) in [6, 6.07) is 1.88. The molecule has 1 aliphatic rings. The van der Waals surface area contributed by atoms with Crippen molar-refractivity contribution < 1.29 is 23.9 Å². The number of aryl methyl sites for hydroxylation is 1. The van der Waals surface area contributed by atoms with E-state index < -0.39 is 17.5 Å². The van der Waals surface area contributed by atoms with Gasteiger partial charge in [-0.2, -0.15) is 5.26 Å². The van der Waals surface area contributed by atoms with E-state index in [-0.39, 0.29) is 30.3 Å². The molecule has 2 heterocycles. The molecule has 0 atom stereocenters. The molecule has 2 rings (SSSR count). The molecule has 1 amide bonds. The number of carbonyl (C=O) groups excluding carboxylic acids is 3. The number of nitrogens with zero attached hydrogens (tertiary/aromatic N) is 2. The number of aromatic amines is 1.